The van der Waals surface area contributed by atoms with Gasteiger partial charge in [-0.1, -0.05) is 38.8 Å². The quantitative estimate of drug-likeness (QED) is 0.424. The van der Waals surface area contributed by atoms with Gasteiger partial charge in [0.05, 0.1) is 12.2 Å². The van der Waals surface area contributed by atoms with Gasteiger partial charge in [0.1, 0.15) is 0 Å². The maximum Gasteiger partial charge on any atom is 0.0645 e. The van der Waals surface area contributed by atoms with Crippen molar-refractivity contribution in [3.63, 3.8) is 0 Å². The summed E-state index contributed by atoms with van der Waals surface area (Å²) in [5, 5.41) is 0.323. The zero-order valence-electron chi connectivity index (χ0n) is 14.6. The van der Waals surface area contributed by atoms with Gasteiger partial charge in [-0.15, -0.1) is 11.6 Å². The van der Waals surface area contributed by atoms with Crippen LogP contribution in [-0.2, 0) is 4.74 Å². The number of ether oxygens (including phenoxy) is 1. The molecule has 0 aromatic rings. The van der Waals surface area contributed by atoms with E-state index >= 15 is 0 Å². The van der Waals surface area contributed by atoms with Crippen molar-refractivity contribution in [3.05, 3.63) is 12.2 Å². The Kier molecular flexibility index (Phi) is 3.48. The van der Waals surface area contributed by atoms with E-state index in [9.17, 15) is 0 Å². The van der Waals surface area contributed by atoms with Gasteiger partial charge in [-0.3, -0.25) is 0 Å². The van der Waals surface area contributed by atoms with E-state index < -0.39 is 0 Å². The molecule has 0 bridgehead atoms. The average molecular weight is 335 g/mol. The monoisotopic (exact) mass is 334 g/mol. The molecule has 128 valence electrons. The standard InChI is InChI=1S/C21H31ClO/c1-21(2)14-7-5-8-16(22)18(14)19-15(21)11-10-13-12-6-3-4-9-17(12)23-20(13)19/h5,7,12-20H,3-4,6,8-11H2,1-2H3/t12?,13?,14?,15?,16-,17?,18?,19?,20?/m0/s1. The molecule has 0 N–H and O–H groups in total. The van der Waals surface area contributed by atoms with Crippen molar-refractivity contribution in [2.75, 3.05) is 0 Å². The molecule has 5 aliphatic rings. The molecule has 9 atom stereocenters. The molecule has 23 heavy (non-hydrogen) atoms. The Balaban J connectivity index is 1.52. The molecule has 5 rings (SSSR count). The average Bonchev–Trinajstić information content (AvgIpc) is 3.02. The lowest BCUT2D eigenvalue weighted by atomic mass is 9.63. The van der Waals surface area contributed by atoms with Crippen LogP contribution in [0.25, 0.3) is 0 Å². The second kappa shape index (κ2) is 5.24. The summed E-state index contributed by atoms with van der Waals surface area (Å²) in [5.74, 6) is 4.54. The second-order valence-electron chi connectivity index (χ2n) is 9.62. The number of hydrogen-bond donors (Lipinski definition) is 0. The number of hydrogen-bond acceptors (Lipinski definition) is 1. The van der Waals surface area contributed by atoms with E-state index in [-0.39, 0.29) is 0 Å². The number of rotatable bonds is 0. The molecule has 4 aliphatic carbocycles. The fourth-order valence-corrected chi connectivity index (χ4v) is 8.00. The third-order valence-corrected chi connectivity index (χ3v) is 8.98. The Morgan fingerprint density at radius 3 is 2.70 bits per heavy atom. The third kappa shape index (κ3) is 2.02. The zero-order chi connectivity index (χ0) is 15.8. The third-order valence-electron chi connectivity index (χ3n) is 8.51. The summed E-state index contributed by atoms with van der Waals surface area (Å²) in [4.78, 5) is 0. The molecule has 0 spiro atoms. The fourth-order valence-electron chi connectivity index (χ4n) is 7.57. The summed E-state index contributed by atoms with van der Waals surface area (Å²) in [6.07, 6.45) is 15.4. The Labute approximate surface area is 146 Å². The maximum atomic E-state index is 6.90. The van der Waals surface area contributed by atoms with E-state index in [1.165, 1.54) is 38.5 Å². The van der Waals surface area contributed by atoms with Crippen LogP contribution in [0.15, 0.2) is 12.2 Å². The largest absolute Gasteiger partial charge is 0.374 e. The second-order valence-corrected chi connectivity index (χ2v) is 10.2. The molecule has 4 fully saturated rings. The Morgan fingerprint density at radius 1 is 1.00 bits per heavy atom. The minimum absolute atomic E-state index is 0.323. The molecule has 1 heterocycles. The number of fused-ring (bicyclic) bond motifs is 7. The summed E-state index contributed by atoms with van der Waals surface area (Å²) in [6.45, 7) is 5.02. The molecule has 0 radical (unpaired) electrons. The van der Waals surface area contributed by atoms with Crippen molar-refractivity contribution in [2.45, 2.75) is 76.4 Å². The van der Waals surface area contributed by atoms with Crippen molar-refractivity contribution < 1.29 is 4.74 Å². The van der Waals surface area contributed by atoms with Gasteiger partial charge in [-0.25, -0.2) is 0 Å². The van der Waals surface area contributed by atoms with Gasteiger partial charge in [0.2, 0.25) is 0 Å². The van der Waals surface area contributed by atoms with Crippen molar-refractivity contribution in [1.29, 1.82) is 0 Å². The van der Waals surface area contributed by atoms with Gasteiger partial charge >= 0.3 is 0 Å². The van der Waals surface area contributed by atoms with Gasteiger partial charge in [0.15, 0.2) is 0 Å². The predicted octanol–water partition coefficient (Wildman–Crippen LogP) is 5.43. The smallest absolute Gasteiger partial charge is 0.0645 e. The zero-order valence-corrected chi connectivity index (χ0v) is 15.3. The highest BCUT2D eigenvalue weighted by molar-refractivity contribution is 6.21. The molecule has 3 saturated carbocycles. The summed E-state index contributed by atoms with van der Waals surface area (Å²) >= 11 is 6.90. The van der Waals surface area contributed by atoms with Crippen LogP contribution in [-0.4, -0.2) is 17.6 Å². The lowest BCUT2D eigenvalue weighted by Gasteiger charge is -2.42. The lowest BCUT2D eigenvalue weighted by Crippen LogP contribution is -2.42. The van der Waals surface area contributed by atoms with Crippen molar-refractivity contribution in [2.24, 2.45) is 40.9 Å². The Bertz CT molecular complexity index is 512. The van der Waals surface area contributed by atoms with E-state index in [2.05, 4.69) is 26.0 Å². The predicted molar refractivity (Wildman–Crippen MR) is 94.5 cm³/mol. The minimum Gasteiger partial charge on any atom is -0.374 e. The van der Waals surface area contributed by atoms with Crippen molar-refractivity contribution in [1.82, 2.24) is 0 Å². The van der Waals surface area contributed by atoms with Gasteiger partial charge in [0, 0.05) is 5.38 Å². The molecular formula is C21H31ClO. The van der Waals surface area contributed by atoms with Crippen LogP contribution in [0.4, 0.5) is 0 Å². The highest BCUT2D eigenvalue weighted by Crippen LogP contribution is 2.66. The minimum atomic E-state index is 0.323. The van der Waals surface area contributed by atoms with E-state index in [0.29, 0.717) is 40.8 Å². The highest BCUT2D eigenvalue weighted by Gasteiger charge is 2.64. The first-order chi connectivity index (χ1) is 11.1. The molecule has 0 aromatic heterocycles. The van der Waals surface area contributed by atoms with Gasteiger partial charge in [-0.05, 0) is 73.0 Å². The highest BCUT2D eigenvalue weighted by atomic mass is 35.5. The number of halogens is 1. The molecule has 8 unspecified atom stereocenters. The van der Waals surface area contributed by atoms with Crippen LogP contribution < -0.4 is 0 Å². The molecule has 1 nitrogen and oxygen atoms in total. The molecule has 2 heteroatoms. The number of alkyl halides is 1. The van der Waals surface area contributed by atoms with Crippen LogP contribution in [0.1, 0.15) is 58.8 Å². The van der Waals surface area contributed by atoms with E-state index in [0.717, 1.165) is 24.2 Å². The number of allylic oxidation sites excluding steroid dienone is 2. The first-order valence-electron chi connectivity index (χ1n) is 10.0. The van der Waals surface area contributed by atoms with Gasteiger partial charge < -0.3 is 4.74 Å². The molecule has 0 amide bonds. The topological polar surface area (TPSA) is 9.23 Å². The molecule has 0 aromatic carbocycles. The first kappa shape index (κ1) is 15.3. The van der Waals surface area contributed by atoms with Crippen LogP contribution >= 0.6 is 11.6 Å². The molecule has 1 aliphatic heterocycles. The Morgan fingerprint density at radius 2 is 1.83 bits per heavy atom. The van der Waals surface area contributed by atoms with Crippen LogP contribution in [0.5, 0.6) is 0 Å². The summed E-state index contributed by atoms with van der Waals surface area (Å²) in [7, 11) is 0. The maximum absolute atomic E-state index is 6.90. The summed E-state index contributed by atoms with van der Waals surface area (Å²) in [5.41, 5.74) is 0.390. The fraction of sp³-hybridized carbons (Fsp3) is 0.905. The molecular weight excluding hydrogens is 304 g/mol. The lowest BCUT2D eigenvalue weighted by molar-refractivity contribution is -0.0564. The van der Waals surface area contributed by atoms with Gasteiger partial charge in [-0.2, -0.15) is 0 Å². The Hall–Kier alpha value is -0.0100. The summed E-state index contributed by atoms with van der Waals surface area (Å²) < 4.78 is 6.79. The van der Waals surface area contributed by atoms with E-state index in [1.54, 1.807) is 0 Å². The normalized spacial score (nSPS) is 56.6. The molecule has 1 saturated heterocycles. The van der Waals surface area contributed by atoms with Crippen molar-refractivity contribution in [3.8, 4) is 0 Å². The summed E-state index contributed by atoms with van der Waals surface area (Å²) in [6, 6.07) is 0. The van der Waals surface area contributed by atoms with Crippen LogP contribution in [0.3, 0.4) is 0 Å². The van der Waals surface area contributed by atoms with Gasteiger partial charge in [0.25, 0.3) is 0 Å². The van der Waals surface area contributed by atoms with Crippen molar-refractivity contribution >= 4 is 11.6 Å². The van der Waals surface area contributed by atoms with Crippen LogP contribution in [0.2, 0.25) is 0 Å². The first-order valence-corrected chi connectivity index (χ1v) is 10.5. The SMILES string of the molecule is CC1(C)C2C=CC[C@H](Cl)C2C2C3OC4CCCCC4C3CCC21. The van der Waals surface area contributed by atoms with E-state index in [1.807, 2.05) is 0 Å². The van der Waals surface area contributed by atoms with E-state index in [4.69, 9.17) is 16.3 Å². The van der Waals surface area contributed by atoms with Crippen LogP contribution in [0, 0.1) is 40.9 Å².